The fourth-order valence-electron chi connectivity index (χ4n) is 1.65. The zero-order valence-electron chi connectivity index (χ0n) is 11.7. The van der Waals surface area contributed by atoms with Crippen LogP contribution in [0, 0.1) is 0 Å². The molecule has 1 aromatic heterocycles. The van der Waals surface area contributed by atoms with Crippen LogP contribution in [0.25, 0.3) is 0 Å². The molecule has 2 rings (SSSR count). The Kier molecular flexibility index (Phi) is 5.55. The van der Waals surface area contributed by atoms with E-state index in [1.165, 1.54) is 0 Å². The molecule has 1 N–H and O–H groups in total. The molecule has 2 aromatic rings. The molecule has 0 radical (unpaired) electrons. The van der Waals surface area contributed by atoms with E-state index in [4.69, 9.17) is 4.74 Å². The first-order valence-electron chi connectivity index (χ1n) is 6.64. The summed E-state index contributed by atoms with van der Waals surface area (Å²) in [7, 11) is 0. The van der Waals surface area contributed by atoms with Gasteiger partial charge in [0.05, 0.1) is 12.2 Å². The van der Waals surface area contributed by atoms with Gasteiger partial charge in [-0.1, -0.05) is 41.1 Å². The third-order valence-electron chi connectivity index (χ3n) is 2.66. The van der Waals surface area contributed by atoms with E-state index < -0.39 is 0 Å². The van der Waals surface area contributed by atoms with Gasteiger partial charge in [0, 0.05) is 23.3 Å². The Labute approximate surface area is 127 Å². The van der Waals surface area contributed by atoms with Gasteiger partial charge in [-0.3, -0.25) is 0 Å². The first kappa shape index (κ1) is 15.0. The summed E-state index contributed by atoms with van der Waals surface area (Å²) >= 11 is 3.42. The Balaban J connectivity index is 1.77. The van der Waals surface area contributed by atoms with Crippen LogP contribution in [0.4, 0.5) is 0 Å². The average Bonchev–Trinajstić information content (AvgIpc) is 2.84. The van der Waals surface area contributed by atoms with Crippen LogP contribution in [0.1, 0.15) is 19.5 Å². The lowest BCUT2D eigenvalue weighted by molar-refractivity contribution is 0.289. The molecule has 0 spiro atoms. The predicted molar refractivity (Wildman–Crippen MR) is 81.6 cm³/mol. The number of hydrogen-bond donors (Lipinski definition) is 1. The number of benzene rings is 1. The maximum Gasteiger partial charge on any atom is 0.120 e. The van der Waals surface area contributed by atoms with E-state index in [1.807, 2.05) is 30.5 Å². The monoisotopic (exact) mass is 338 g/mol. The van der Waals surface area contributed by atoms with Crippen LogP contribution in [0.15, 0.2) is 34.9 Å². The van der Waals surface area contributed by atoms with E-state index in [2.05, 4.69) is 45.4 Å². The molecule has 0 atom stereocenters. The number of halogens is 1. The van der Waals surface area contributed by atoms with Crippen LogP contribution in [-0.2, 0) is 13.1 Å². The minimum atomic E-state index is 0.444. The summed E-state index contributed by atoms with van der Waals surface area (Å²) in [6.45, 7) is 6.20. The Morgan fingerprint density at radius 3 is 3.00 bits per heavy atom. The van der Waals surface area contributed by atoms with Gasteiger partial charge in [0.15, 0.2) is 0 Å². The van der Waals surface area contributed by atoms with Gasteiger partial charge in [-0.15, -0.1) is 5.10 Å². The van der Waals surface area contributed by atoms with Crippen LogP contribution < -0.4 is 10.1 Å². The normalized spacial score (nSPS) is 11.0. The maximum absolute atomic E-state index is 5.66. The van der Waals surface area contributed by atoms with Gasteiger partial charge in [0.25, 0.3) is 0 Å². The summed E-state index contributed by atoms with van der Waals surface area (Å²) in [6, 6.07) is 8.24. The molecule has 5 nitrogen and oxygen atoms in total. The Hall–Kier alpha value is -1.40. The first-order valence-corrected chi connectivity index (χ1v) is 7.43. The molecule has 108 valence electrons. The molecule has 6 heteroatoms. The van der Waals surface area contributed by atoms with Crippen LogP contribution in [0.2, 0.25) is 0 Å². The van der Waals surface area contributed by atoms with E-state index in [9.17, 15) is 0 Å². The van der Waals surface area contributed by atoms with Crippen molar-refractivity contribution in [3.05, 3.63) is 40.6 Å². The molecule has 0 fully saturated rings. The molecule has 0 aliphatic heterocycles. The number of hydrogen-bond acceptors (Lipinski definition) is 4. The van der Waals surface area contributed by atoms with Crippen LogP contribution >= 0.6 is 15.9 Å². The number of rotatable bonds is 7. The zero-order chi connectivity index (χ0) is 14.4. The summed E-state index contributed by atoms with van der Waals surface area (Å²) in [5.41, 5.74) is 0.946. The number of nitrogens with zero attached hydrogens (tertiary/aromatic N) is 3. The fraction of sp³-hybridized carbons (Fsp3) is 0.429. The second kappa shape index (κ2) is 7.40. The second-order valence-electron chi connectivity index (χ2n) is 4.81. The lowest BCUT2D eigenvalue weighted by atomic mass is 10.3. The number of nitrogens with one attached hydrogen (secondary N) is 1. The van der Waals surface area contributed by atoms with Gasteiger partial charge < -0.3 is 10.1 Å². The van der Waals surface area contributed by atoms with Crippen molar-refractivity contribution in [2.45, 2.75) is 33.0 Å². The van der Waals surface area contributed by atoms with Gasteiger partial charge in [-0.25, -0.2) is 4.68 Å². The van der Waals surface area contributed by atoms with Gasteiger partial charge >= 0.3 is 0 Å². The molecule has 0 saturated heterocycles. The largest absolute Gasteiger partial charge is 0.492 e. The Bertz CT molecular complexity index is 541. The quantitative estimate of drug-likeness (QED) is 0.843. The molecule has 1 heterocycles. The Morgan fingerprint density at radius 2 is 2.25 bits per heavy atom. The summed E-state index contributed by atoms with van der Waals surface area (Å²) in [6.07, 6.45) is 1.94. The van der Waals surface area contributed by atoms with Crippen LogP contribution in [-0.4, -0.2) is 27.6 Å². The molecule has 0 amide bonds. The molecule has 1 aromatic carbocycles. The second-order valence-corrected chi connectivity index (χ2v) is 5.73. The highest BCUT2D eigenvalue weighted by atomic mass is 79.9. The molecule has 20 heavy (non-hydrogen) atoms. The maximum atomic E-state index is 5.66. The molecule has 0 unspecified atom stereocenters. The van der Waals surface area contributed by atoms with E-state index >= 15 is 0 Å². The zero-order valence-corrected chi connectivity index (χ0v) is 13.3. The number of ether oxygens (including phenoxy) is 1. The van der Waals surface area contributed by atoms with Crippen LogP contribution in [0.5, 0.6) is 5.75 Å². The average molecular weight is 339 g/mol. The van der Waals surface area contributed by atoms with Crippen LogP contribution in [0.3, 0.4) is 0 Å². The van der Waals surface area contributed by atoms with Gasteiger partial charge in [0.2, 0.25) is 0 Å². The Morgan fingerprint density at radius 1 is 1.40 bits per heavy atom. The van der Waals surface area contributed by atoms with E-state index in [0.29, 0.717) is 19.2 Å². The molecule has 0 aliphatic rings. The van der Waals surface area contributed by atoms with Crippen molar-refractivity contribution in [1.82, 2.24) is 20.3 Å². The van der Waals surface area contributed by atoms with E-state index in [-0.39, 0.29) is 0 Å². The lowest BCUT2D eigenvalue weighted by Crippen LogP contribution is -2.21. The standard InChI is InChI=1S/C14H19BrN4O/c1-11(2)16-9-13-10-19(18-17-13)6-7-20-14-5-3-4-12(15)8-14/h3-5,8,10-11,16H,6-7,9H2,1-2H3. The van der Waals surface area contributed by atoms with Crippen molar-refractivity contribution in [3.8, 4) is 5.75 Å². The summed E-state index contributed by atoms with van der Waals surface area (Å²) in [4.78, 5) is 0. The number of aromatic nitrogens is 3. The topological polar surface area (TPSA) is 52.0 Å². The minimum absolute atomic E-state index is 0.444. The van der Waals surface area contributed by atoms with E-state index in [0.717, 1.165) is 22.5 Å². The molecule has 0 bridgehead atoms. The lowest BCUT2D eigenvalue weighted by Gasteiger charge is -2.06. The summed E-state index contributed by atoms with van der Waals surface area (Å²) in [5, 5.41) is 11.5. The van der Waals surface area contributed by atoms with Gasteiger partial charge in [0.1, 0.15) is 12.4 Å². The van der Waals surface area contributed by atoms with Crippen molar-refractivity contribution in [2.24, 2.45) is 0 Å². The van der Waals surface area contributed by atoms with Crippen molar-refractivity contribution < 1.29 is 4.74 Å². The fourth-order valence-corrected chi connectivity index (χ4v) is 2.03. The molecular weight excluding hydrogens is 320 g/mol. The van der Waals surface area contributed by atoms with E-state index in [1.54, 1.807) is 4.68 Å². The highest BCUT2D eigenvalue weighted by Gasteiger charge is 2.02. The van der Waals surface area contributed by atoms with Crippen molar-refractivity contribution >= 4 is 15.9 Å². The first-order chi connectivity index (χ1) is 9.63. The summed E-state index contributed by atoms with van der Waals surface area (Å²) < 4.78 is 8.48. The highest BCUT2D eigenvalue weighted by molar-refractivity contribution is 9.10. The minimum Gasteiger partial charge on any atom is -0.492 e. The molecule has 0 saturated carbocycles. The summed E-state index contributed by atoms with van der Waals surface area (Å²) in [5.74, 6) is 0.848. The third kappa shape index (κ3) is 4.94. The SMILES string of the molecule is CC(C)NCc1cn(CCOc2cccc(Br)c2)nn1. The van der Waals surface area contributed by atoms with Gasteiger partial charge in [-0.05, 0) is 18.2 Å². The predicted octanol–water partition coefficient (Wildman–Crippen LogP) is 2.62. The molecule has 0 aliphatic carbocycles. The van der Waals surface area contributed by atoms with Crippen molar-refractivity contribution in [2.75, 3.05) is 6.61 Å². The third-order valence-corrected chi connectivity index (χ3v) is 3.16. The highest BCUT2D eigenvalue weighted by Crippen LogP contribution is 2.17. The van der Waals surface area contributed by atoms with Crippen molar-refractivity contribution in [3.63, 3.8) is 0 Å². The van der Waals surface area contributed by atoms with Crippen molar-refractivity contribution in [1.29, 1.82) is 0 Å². The smallest absolute Gasteiger partial charge is 0.120 e. The van der Waals surface area contributed by atoms with Gasteiger partial charge in [-0.2, -0.15) is 0 Å². The molecular formula is C14H19BrN4O.